The zero-order valence-corrected chi connectivity index (χ0v) is 10.5. The van der Waals surface area contributed by atoms with Gasteiger partial charge in [-0.2, -0.15) is 0 Å². The van der Waals surface area contributed by atoms with E-state index in [-0.39, 0.29) is 5.54 Å². The van der Waals surface area contributed by atoms with Crippen LogP contribution in [0.15, 0.2) is 40.9 Å². The fourth-order valence-corrected chi connectivity index (χ4v) is 1.68. The van der Waals surface area contributed by atoms with E-state index in [1.54, 1.807) is 6.40 Å². The van der Waals surface area contributed by atoms with Crippen molar-refractivity contribution in [2.24, 2.45) is 4.99 Å². The van der Waals surface area contributed by atoms with Crippen molar-refractivity contribution in [1.82, 2.24) is 0 Å². The van der Waals surface area contributed by atoms with Gasteiger partial charge in [-0.3, -0.25) is 0 Å². The van der Waals surface area contributed by atoms with E-state index in [0.717, 1.165) is 18.4 Å². The second-order valence-corrected chi connectivity index (χ2v) is 4.53. The molecule has 0 saturated heterocycles. The Bertz CT molecular complexity index is 335. The topological polar surface area (TPSA) is 21.6 Å². The Kier molecular flexibility index (Phi) is 4.53. The van der Waals surface area contributed by atoms with Gasteiger partial charge in [-0.15, -0.1) is 0 Å². The second kappa shape index (κ2) is 5.69. The van der Waals surface area contributed by atoms with E-state index in [1.165, 1.54) is 5.57 Å². The normalized spacial score (nSPS) is 23.4. The Hall–Kier alpha value is -1.31. The summed E-state index contributed by atoms with van der Waals surface area (Å²) < 4.78 is 5.21. The highest BCUT2D eigenvalue weighted by atomic mass is 16.5. The fraction of sp³-hybridized carbons (Fsp3) is 0.500. The molecule has 2 nitrogen and oxygen atoms in total. The Morgan fingerprint density at radius 2 is 2.31 bits per heavy atom. The van der Waals surface area contributed by atoms with Gasteiger partial charge in [0.15, 0.2) is 6.40 Å². The van der Waals surface area contributed by atoms with Crippen LogP contribution in [-0.2, 0) is 4.74 Å². The summed E-state index contributed by atoms with van der Waals surface area (Å²) in [5, 5.41) is 0. The quantitative estimate of drug-likeness (QED) is 0.647. The number of nitrogens with zero attached hydrogens (tertiary/aromatic N) is 1. The Morgan fingerprint density at radius 3 is 2.81 bits per heavy atom. The van der Waals surface area contributed by atoms with Crippen LogP contribution in [0.5, 0.6) is 0 Å². The van der Waals surface area contributed by atoms with E-state index < -0.39 is 0 Å². The summed E-state index contributed by atoms with van der Waals surface area (Å²) in [4.78, 5) is 4.40. The maximum atomic E-state index is 5.21. The predicted octanol–water partition coefficient (Wildman–Crippen LogP) is 3.66. The molecule has 0 radical (unpaired) electrons. The third-order valence-electron chi connectivity index (χ3n) is 2.72. The summed E-state index contributed by atoms with van der Waals surface area (Å²) in [6.45, 7) is 11.0. The minimum absolute atomic E-state index is 0.0399. The van der Waals surface area contributed by atoms with Gasteiger partial charge in [0.25, 0.3) is 0 Å². The predicted molar refractivity (Wildman–Crippen MR) is 69.8 cm³/mol. The summed E-state index contributed by atoms with van der Waals surface area (Å²) in [7, 11) is 0. The molecule has 1 aliphatic rings. The smallest absolute Gasteiger partial charge is 0.170 e. The van der Waals surface area contributed by atoms with Crippen molar-refractivity contribution in [3.05, 3.63) is 36.0 Å². The zero-order valence-electron chi connectivity index (χ0n) is 10.5. The average molecular weight is 219 g/mol. The van der Waals surface area contributed by atoms with Crippen molar-refractivity contribution in [2.75, 3.05) is 6.61 Å². The molecular formula is C14H21NO. The van der Waals surface area contributed by atoms with Crippen molar-refractivity contribution in [3.8, 4) is 0 Å². The molecule has 16 heavy (non-hydrogen) atoms. The molecule has 88 valence electrons. The molecule has 1 heterocycles. The minimum atomic E-state index is -0.0399. The number of aliphatic imine (C=N–C) groups is 1. The molecule has 0 spiro atoms. The van der Waals surface area contributed by atoms with Crippen LogP contribution in [0.4, 0.5) is 0 Å². The molecule has 1 aliphatic heterocycles. The number of rotatable bonds is 5. The van der Waals surface area contributed by atoms with Gasteiger partial charge >= 0.3 is 0 Å². The van der Waals surface area contributed by atoms with Gasteiger partial charge in [0, 0.05) is 0 Å². The summed E-state index contributed by atoms with van der Waals surface area (Å²) >= 11 is 0. The van der Waals surface area contributed by atoms with E-state index in [2.05, 4.69) is 50.6 Å². The monoisotopic (exact) mass is 219 g/mol. The molecule has 0 saturated carbocycles. The minimum Gasteiger partial charge on any atom is -0.481 e. The Balaban J connectivity index is 2.50. The van der Waals surface area contributed by atoms with Crippen molar-refractivity contribution in [2.45, 2.75) is 39.2 Å². The standard InChI is InChI=1S/C14H21NO/c1-5-14(10-16-11-15-14)8-6-7-13(4)9-12(2)3/h6-7,9,11H,4-5,8,10H2,1-3H3/b7-6+. The van der Waals surface area contributed by atoms with Crippen LogP contribution in [0.3, 0.4) is 0 Å². The number of hydrogen-bond acceptors (Lipinski definition) is 2. The van der Waals surface area contributed by atoms with Gasteiger partial charge in [-0.1, -0.05) is 37.3 Å². The van der Waals surface area contributed by atoms with Gasteiger partial charge in [0.2, 0.25) is 0 Å². The highest BCUT2D eigenvalue weighted by Gasteiger charge is 2.29. The first kappa shape index (κ1) is 12.8. The number of ether oxygens (including phenoxy) is 1. The second-order valence-electron chi connectivity index (χ2n) is 4.53. The lowest BCUT2D eigenvalue weighted by atomic mass is 9.94. The van der Waals surface area contributed by atoms with Crippen LogP contribution in [-0.4, -0.2) is 18.5 Å². The number of hydrogen-bond donors (Lipinski definition) is 0. The molecule has 1 unspecified atom stereocenters. The molecule has 1 rings (SSSR count). The molecule has 2 heteroatoms. The molecule has 0 bridgehead atoms. The molecule has 0 fully saturated rings. The lowest BCUT2D eigenvalue weighted by molar-refractivity contribution is 0.256. The van der Waals surface area contributed by atoms with Crippen LogP contribution in [0, 0.1) is 0 Å². The van der Waals surface area contributed by atoms with E-state index in [4.69, 9.17) is 4.74 Å². The maximum Gasteiger partial charge on any atom is 0.170 e. The van der Waals surface area contributed by atoms with Crippen LogP contribution in [0.1, 0.15) is 33.6 Å². The first-order valence-corrected chi connectivity index (χ1v) is 5.74. The molecular weight excluding hydrogens is 198 g/mol. The third kappa shape index (κ3) is 3.69. The largest absolute Gasteiger partial charge is 0.481 e. The van der Waals surface area contributed by atoms with Crippen molar-refractivity contribution < 1.29 is 4.74 Å². The molecule has 0 aromatic heterocycles. The zero-order chi connectivity index (χ0) is 12.0. The molecule has 1 atom stereocenters. The highest BCUT2D eigenvalue weighted by molar-refractivity contribution is 5.50. The summed E-state index contributed by atoms with van der Waals surface area (Å²) in [6, 6.07) is 0. The Labute approximate surface area is 98.4 Å². The van der Waals surface area contributed by atoms with Crippen LogP contribution < -0.4 is 0 Å². The first-order valence-electron chi connectivity index (χ1n) is 5.74. The summed E-state index contributed by atoms with van der Waals surface area (Å²) in [5.74, 6) is 0. The molecule has 0 aliphatic carbocycles. The lowest BCUT2D eigenvalue weighted by Gasteiger charge is -2.19. The van der Waals surface area contributed by atoms with Gasteiger partial charge in [0.1, 0.15) is 12.1 Å². The van der Waals surface area contributed by atoms with Crippen molar-refractivity contribution in [3.63, 3.8) is 0 Å². The van der Waals surface area contributed by atoms with Gasteiger partial charge in [-0.05, 0) is 32.3 Å². The van der Waals surface area contributed by atoms with Gasteiger partial charge < -0.3 is 4.74 Å². The van der Waals surface area contributed by atoms with E-state index in [0.29, 0.717) is 6.61 Å². The van der Waals surface area contributed by atoms with Crippen LogP contribution >= 0.6 is 0 Å². The van der Waals surface area contributed by atoms with Crippen LogP contribution in [0.2, 0.25) is 0 Å². The summed E-state index contributed by atoms with van der Waals surface area (Å²) in [6.07, 6.45) is 9.75. The Morgan fingerprint density at radius 1 is 1.56 bits per heavy atom. The summed E-state index contributed by atoms with van der Waals surface area (Å²) in [5.41, 5.74) is 2.26. The average Bonchev–Trinajstić information content (AvgIpc) is 2.66. The molecule has 0 N–H and O–H groups in total. The van der Waals surface area contributed by atoms with Crippen molar-refractivity contribution >= 4 is 6.40 Å². The van der Waals surface area contributed by atoms with Crippen molar-refractivity contribution in [1.29, 1.82) is 0 Å². The highest BCUT2D eigenvalue weighted by Crippen LogP contribution is 2.25. The molecule has 0 aromatic rings. The number of allylic oxidation sites excluding steroid dienone is 4. The van der Waals surface area contributed by atoms with Gasteiger partial charge in [-0.25, -0.2) is 4.99 Å². The third-order valence-corrected chi connectivity index (χ3v) is 2.72. The first-order chi connectivity index (χ1) is 7.58. The van der Waals surface area contributed by atoms with E-state index >= 15 is 0 Å². The van der Waals surface area contributed by atoms with Gasteiger partial charge in [0.05, 0.1) is 0 Å². The van der Waals surface area contributed by atoms with E-state index in [9.17, 15) is 0 Å². The molecule has 0 aromatic carbocycles. The van der Waals surface area contributed by atoms with Crippen LogP contribution in [0.25, 0.3) is 0 Å². The van der Waals surface area contributed by atoms with E-state index in [1.807, 2.05) is 0 Å². The lowest BCUT2D eigenvalue weighted by Crippen LogP contribution is -2.26. The molecule has 0 amide bonds. The maximum absolute atomic E-state index is 5.21. The SMILES string of the molecule is C=C(C=C(C)C)/C=C/CC1(CC)COC=N1. The fourth-order valence-electron chi connectivity index (χ4n) is 1.68.